The number of hydrogen-bond donors (Lipinski definition) is 0. The lowest BCUT2D eigenvalue weighted by Crippen LogP contribution is -2.25. The maximum absolute atomic E-state index is 7.29. The number of benzene rings is 10. The molecule has 0 amide bonds. The molecule has 12 aromatic rings. The monoisotopic (exact) mass is 844 g/mol. The number of ether oxygens (including phenoxy) is 2. The molecule has 3 aliphatic rings. The van der Waals surface area contributed by atoms with Crippen LogP contribution in [0.25, 0.3) is 71.7 Å². The third-order valence-corrected chi connectivity index (χ3v) is 14.2. The Bertz CT molecular complexity index is 3940. The van der Waals surface area contributed by atoms with Gasteiger partial charge in [0.25, 0.3) is 0 Å². The van der Waals surface area contributed by atoms with Crippen molar-refractivity contribution in [2.24, 2.45) is 0 Å². The summed E-state index contributed by atoms with van der Waals surface area (Å²) in [6.07, 6.45) is 0. The second-order valence-electron chi connectivity index (χ2n) is 17.5. The number of furan rings is 1. The zero-order chi connectivity index (χ0) is 43.1. The summed E-state index contributed by atoms with van der Waals surface area (Å²) in [6.45, 7) is 0. The first-order valence-electron chi connectivity index (χ1n) is 22.5. The van der Waals surface area contributed by atoms with Gasteiger partial charge in [-0.2, -0.15) is 0 Å². The summed E-state index contributed by atoms with van der Waals surface area (Å²) in [5.41, 5.74) is 17.1. The van der Waals surface area contributed by atoms with Gasteiger partial charge in [0.1, 0.15) is 11.2 Å². The zero-order valence-corrected chi connectivity index (χ0v) is 35.4. The lowest BCUT2D eigenvalue weighted by atomic mass is 9.70. The molecule has 1 spiro atoms. The number of rotatable bonds is 4. The molecule has 5 nitrogen and oxygen atoms in total. The van der Waals surface area contributed by atoms with Crippen LogP contribution < -0.4 is 14.4 Å². The molecule has 0 saturated carbocycles. The van der Waals surface area contributed by atoms with Gasteiger partial charge in [-0.05, 0) is 117 Å². The number of hydrogen-bond acceptors (Lipinski definition) is 4. The summed E-state index contributed by atoms with van der Waals surface area (Å²) < 4.78 is 23.2. The first-order chi connectivity index (χ1) is 32.7. The van der Waals surface area contributed by atoms with Gasteiger partial charge in [-0.3, -0.25) is 0 Å². The van der Waals surface area contributed by atoms with Crippen LogP contribution in [0.1, 0.15) is 22.3 Å². The Labute approximate surface area is 379 Å². The van der Waals surface area contributed by atoms with Crippen molar-refractivity contribution in [3.8, 4) is 50.9 Å². The van der Waals surface area contributed by atoms with Crippen LogP contribution in [0.3, 0.4) is 0 Å². The van der Waals surface area contributed by atoms with Crippen LogP contribution >= 0.6 is 0 Å². The van der Waals surface area contributed by atoms with Crippen molar-refractivity contribution in [2.45, 2.75) is 5.41 Å². The number of nitrogens with zero attached hydrogens (tertiary/aromatic N) is 2. The highest BCUT2D eigenvalue weighted by Gasteiger charge is 2.52. The minimum Gasteiger partial charge on any atom is -0.456 e. The van der Waals surface area contributed by atoms with E-state index in [0.29, 0.717) is 23.0 Å². The van der Waals surface area contributed by atoms with E-state index in [2.05, 4.69) is 210 Å². The van der Waals surface area contributed by atoms with Crippen molar-refractivity contribution in [1.82, 2.24) is 4.57 Å². The summed E-state index contributed by atoms with van der Waals surface area (Å²) in [7, 11) is 0. The van der Waals surface area contributed by atoms with Crippen molar-refractivity contribution >= 4 is 60.8 Å². The molecular weight excluding hydrogens is 809 g/mol. The second kappa shape index (κ2) is 13.1. The Kier molecular flexibility index (Phi) is 7.09. The Morgan fingerprint density at radius 3 is 1.67 bits per heavy atom. The molecule has 15 rings (SSSR count). The highest BCUT2D eigenvalue weighted by atomic mass is 16.6. The van der Waals surface area contributed by atoms with E-state index in [-0.39, 0.29) is 0 Å². The lowest BCUT2D eigenvalue weighted by molar-refractivity contribution is 0.360. The van der Waals surface area contributed by atoms with Crippen LogP contribution in [0.2, 0.25) is 0 Å². The summed E-state index contributed by atoms with van der Waals surface area (Å²) in [5.74, 6) is 2.64. The largest absolute Gasteiger partial charge is 0.456 e. The van der Waals surface area contributed by atoms with E-state index in [0.717, 1.165) is 61.3 Å². The van der Waals surface area contributed by atoms with Gasteiger partial charge in [0.2, 0.25) is 0 Å². The second-order valence-corrected chi connectivity index (χ2v) is 17.5. The van der Waals surface area contributed by atoms with Crippen molar-refractivity contribution in [3.63, 3.8) is 0 Å². The van der Waals surface area contributed by atoms with Gasteiger partial charge < -0.3 is 23.4 Å². The molecule has 0 bridgehead atoms. The van der Waals surface area contributed by atoms with E-state index in [1.165, 1.54) is 49.7 Å². The fraction of sp³-hybridized carbons (Fsp3) is 0.0164. The van der Waals surface area contributed by atoms with Gasteiger partial charge in [-0.25, -0.2) is 0 Å². The van der Waals surface area contributed by atoms with E-state index in [4.69, 9.17) is 13.9 Å². The minimum absolute atomic E-state index is 0.515. The van der Waals surface area contributed by atoms with Crippen LogP contribution in [0.4, 0.5) is 17.1 Å². The van der Waals surface area contributed by atoms with Gasteiger partial charge in [-0.1, -0.05) is 140 Å². The van der Waals surface area contributed by atoms with Gasteiger partial charge >= 0.3 is 0 Å². The molecule has 2 aromatic heterocycles. The third-order valence-electron chi connectivity index (χ3n) is 14.2. The molecule has 3 heterocycles. The minimum atomic E-state index is -0.515. The van der Waals surface area contributed by atoms with Crippen LogP contribution in [0.15, 0.2) is 223 Å². The molecule has 66 heavy (non-hydrogen) atoms. The third kappa shape index (κ3) is 4.68. The fourth-order valence-electron chi connectivity index (χ4n) is 11.6. The van der Waals surface area contributed by atoms with Crippen molar-refractivity contribution < 1.29 is 13.9 Å². The van der Waals surface area contributed by atoms with E-state index in [1.54, 1.807) is 0 Å². The van der Waals surface area contributed by atoms with Gasteiger partial charge in [0, 0.05) is 39.0 Å². The van der Waals surface area contributed by atoms with Crippen molar-refractivity contribution in [3.05, 3.63) is 241 Å². The molecule has 308 valence electrons. The maximum atomic E-state index is 7.29. The van der Waals surface area contributed by atoms with Gasteiger partial charge in [-0.15, -0.1) is 0 Å². The zero-order valence-electron chi connectivity index (χ0n) is 35.4. The molecule has 0 N–H and O–H groups in total. The maximum Gasteiger partial charge on any atom is 0.194 e. The topological polar surface area (TPSA) is 39.8 Å². The van der Waals surface area contributed by atoms with Gasteiger partial charge in [0.05, 0.1) is 27.8 Å². The lowest BCUT2D eigenvalue weighted by Gasteiger charge is -2.32. The highest BCUT2D eigenvalue weighted by Crippen LogP contribution is 2.65. The van der Waals surface area contributed by atoms with Crippen LogP contribution in [0, 0.1) is 0 Å². The fourth-order valence-corrected chi connectivity index (χ4v) is 11.6. The predicted molar refractivity (Wildman–Crippen MR) is 266 cm³/mol. The van der Waals surface area contributed by atoms with Gasteiger partial charge in [0.15, 0.2) is 23.0 Å². The quantitative estimate of drug-likeness (QED) is 0.177. The Morgan fingerprint density at radius 1 is 0.364 bits per heavy atom. The average Bonchev–Trinajstić information content (AvgIpc) is 4.09. The Hall–Kier alpha value is -8.80. The first kappa shape index (κ1) is 35.6. The predicted octanol–water partition coefficient (Wildman–Crippen LogP) is 16.4. The molecule has 2 aliphatic carbocycles. The molecule has 0 unspecified atom stereocenters. The average molecular weight is 845 g/mol. The van der Waals surface area contributed by atoms with E-state index in [1.807, 2.05) is 18.2 Å². The molecule has 0 radical (unpaired) electrons. The molecule has 0 saturated heterocycles. The number of aromatic nitrogens is 1. The normalized spacial score (nSPS) is 13.5. The number of anilines is 3. The van der Waals surface area contributed by atoms with Crippen LogP contribution in [0.5, 0.6) is 23.0 Å². The SMILES string of the molecule is c1cc(N(c2ccc3c(c2)oc2ccccc23)c2cccc3c2Oc2cc4c(cc2O3)-c2ccccc2C42c3ccccc3-c3ccccc32)cc(-n2c3ccccc3c3ccccc32)c1. The first-order valence-corrected chi connectivity index (χ1v) is 22.5. The Balaban J connectivity index is 0.934. The van der Waals surface area contributed by atoms with Crippen molar-refractivity contribution in [1.29, 1.82) is 0 Å². The van der Waals surface area contributed by atoms with Crippen molar-refractivity contribution in [2.75, 3.05) is 4.90 Å². The number of fused-ring (bicyclic) bond motifs is 18. The summed E-state index contributed by atoms with van der Waals surface area (Å²) >= 11 is 0. The molecule has 5 heteroatoms. The van der Waals surface area contributed by atoms with E-state index < -0.39 is 5.41 Å². The molecular formula is C61H36N2O3. The summed E-state index contributed by atoms with van der Waals surface area (Å²) in [5, 5.41) is 4.58. The number of para-hydroxylation sites is 4. The molecule has 1 aliphatic heterocycles. The molecule has 0 fully saturated rings. The standard InChI is InChI=1S/C61H36N2O3/c1-7-23-48-40(17-1)41-18-2-8-24-49(41)61(48)50-25-9-3-19-42(50)47-35-58-59(36-51(47)61)66-60-54(28-14-30-56(60)65-58)62(39-31-32-46-45-22-6-12-29-55(45)64-57(46)34-39)37-15-13-16-38(33-37)63-52-26-10-4-20-43(52)44-21-5-11-27-53(44)63/h1-36H. The van der Waals surface area contributed by atoms with E-state index >= 15 is 0 Å². The van der Waals surface area contributed by atoms with E-state index in [9.17, 15) is 0 Å². The molecule has 0 atom stereocenters. The Morgan fingerprint density at radius 2 is 0.939 bits per heavy atom. The molecule has 10 aromatic carbocycles. The van der Waals surface area contributed by atoms with Crippen LogP contribution in [-0.4, -0.2) is 4.57 Å². The summed E-state index contributed by atoms with van der Waals surface area (Å²) in [6, 6.07) is 78.0. The highest BCUT2D eigenvalue weighted by molar-refractivity contribution is 6.10. The summed E-state index contributed by atoms with van der Waals surface area (Å²) in [4.78, 5) is 2.27. The van der Waals surface area contributed by atoms with Crippen LogP contribution in [-0.2, 0) is 5.41 Å². The smallest absolute Gasteiger partial charge is 0.194 e.